The molecule has 2 aromatic heterocycles. The third-order valence-electron chi connectivity index (χ3n) is 3.73. The number of rotatable bonds is 4. The van der Waals surface area contributed by atoms with Crippen molar-refractivity contribution in [3.05, 3.63) is 53.7 Å². The molecule has 0 saturated carbocycles. The number of nitrogens with zero attached hydrogens (tertiary/aromatic N) is 5. The lowest BCUT2D eigenvalue weighted by Crippen LogP contribution is -2.28. The van der Waals surface area contributed by atoms with Gasteiger partial charge in [-0.15, -0.1) is 0 Å². The summed E-state index contributed by atoms with van der Waals surface area (Å²) in [7, 11) is 0. The second kappa shape index (κ2) is 7.96. The van der Waals surface area contributed by atoms with E-state index in [1.807, 2.05) is 13.8 Å². The quantitative estimate of drug-likeness (QED) is 0.695. The van der Waals surface area contributed by atoms with Crippen molar-refractivity contribution in [2.24, 2.45) is 0 Å². The molecule has 3 rings (SSSR count). The Bertz CT molecular complexity index is 1050. The van der Waals surface area contributed by atoms with Crippen molar-refractivity contribution >= 4 is 17.6 Å². The van der Waals surface area contributed by atoms with Gasteiger partial charge in [0.15, 0.2) is 5.82 Å². The normalized spacial score (nSPS) is 10.5. The second-order valence-corrected chi connectivity index (χ2v) is 6.19. The maximum Gasteiger partial charge on any atom is 0.235 e. The van der Waals surface area contributed by atoms with Gasteiger partial charge in [-0.25, -0.2) is 13.8 Å². The number of nitrogens with two attached hydrogens (primary N) is 1. The van der Waals surface area contributed by atoms with Gasteiger partial charge >= 0.3 is 0 Å². The molecule has 8 heteroatoms. The predicted molar refractivity (Wildman–Crippen MR) is 104 cm³/mol. The molecule has 0 saturated heterocycles. The Morgan fingerprint density at radius 3 is 2.36 bits per heavy atom. The fourth-order valence-corrected chi connectivity index (χ4v) is 2.68. The van der Waals surface area contributed by atoms with Crippen molar-refractivity contribution in [2.45, 2.75) is 26.8 Å². The van der Waals surface area contributed by atoms with Crippen molar-refractivity contribution in [1.82, 2.24) is 19.9 Å². The fraction of sp³-hybridized carbons (Fsp3) is 0.200. The van der Waals surface area contributed by atoms with Gasteiger partial charge in [0.1, 0.15) is 23.0 Å². The molecule has 0 aliphatic heterocycles. The number of anilines is 3. The number of hydrogen-bond donors (Lipinski definition) is 1. The molecule has 0 fully saturated rings. The first-order chi connectivity index (χ1) is 13.4. The smallest absolute Gasteiger partial charge is 0.235 e. The number of aromatic nitrogens is 4. The van der Waals surface area contributed by atoms with Crippen LogP contribution in [0.4, 0.5) is 26.4 Å². The molecule has 6 nitrogen and oxygen atoms in total. The molecule has 28 heavy (non-hydrogen) atoms. The molecule has 0 atom stereocenters. The van der Waals surface area contributed by atoms with E-state index in [1.54, 1.807) is 30.0 Å². The van der Waals surface area contributed by atoms with E-state index >= 15 is 0 Å². The van der Waals surface area contributed by atoms with Gasteiger partial charge in [-0.1, -0.05) is 12.0 Å². The van der Waals surface area contributed by atoms with Gasteiger partial charge < -0.3 is 10.6 Å². The van der Waals surface area contributed by atoms with E-state index in [0.717, 1.165) is 6.07 Å². The first kappa shape index (κ1) is 19.2. The highest BCUT2D eigenvalue weighted by atomic mass is 19.1. The van der Waals surface area contributed by atoms with Crippen LogP contribution in [0.2, 0.25) is 0 Å². The summed E-state index contributed by atoms with van der Waals surface area (Å²) < 4.78 is 27.5. The molecule has 3 aromatic rings. The van der Waals surface area contributed by atoms with E-state index < -0.39 is 11.6 Å². The number of nitrogen functional groups attached to an aromatic ring is 1. The highest BCUT2D eigenvalue weighted by Gasteiger charge is 2.20. The average Bonchev–Trinajstić information content (AvgIpc) is 2.61. The number of benzene rings is 1. The molecule has 0 radical (unpaired) electrons. The van der Waals surface area contributed by atoms with Crippen LogP contribution in [0.1, 0.15) is 26.5 Å². The zero-order valence-electron chi connectivity index (χ0n) is 15.6. The van der Waals surface area contributed by atoms with Crippen LogP contribution in [0.15, 0.2) is 36.4 Å². The second-order valence-electron chi connectivity index (χ2n) is 6.19. The van der Waals surface area contributed by atoms with Crippen LogP contribution in [0.3, 0.4) is 0 Å². The Labute approximate surface area is 161 Å². The van der Waals surface area contributed by atoms with E-state index in [1.165, 1.54) is 12.1 Å². The third-order valence-corrected chi connectivity index (χ3v) is 3.73. The van der Waals surface area contributed by atoms with Crippen molar-refractivity contribution < 1.29 is 8.78 Å². The first-order valence-electron chi connectivity index (χ1n) is 8.54. The lowest BCUT2D eigenvalue weighted by Gasteiger charge is -2.27. The SMILES string of the molecule is CC#Cc1cccc(-c2nc(N)nc(N(c3cc(F)cc(F)c3)C(C)C)n2)n1. The Morgan fingerprint density at radius 2 is 1.71 bits per heavy atom. The van der Waals surface area contributed by atoms with Crippen molar-refractivity contribution in [1.29, 1.82) is 0 Å². The van der Waals surface area contributed by atoms with E-state index in [2.05, 4.69) is 31.8 Å². The van der Waals surface area contributed by atoms with Crippen molar-refractivity contribution in [3.63, 3.8) is 0 Å². The van der Waals surface area contributed by atoms with Crippen LogP contribution in [-0.2, 0) is 0 Å². The highest BCUT2D eigenvalue weighted by molar-refractivity contribution is 5.62. The summed E-state index contributed by atoms with van der Waals surface area (Å²) in [5, 5.41) is 0. The maximum absolute atomic E-state index is 13.7. The third kappa shape index (κ3) is 4.20. The van der Waals surface area contributed by atoms with E-state index in [4.69, 9.17) is 5.73 Å². The average molecular weight is 380 g/mol. The fourth-order valence-electron chi connectivity index (χ4n) is 2.68. The van der Waals surface area contributed by atoms with Gasteiger partial charge in [-0.05, 0) is 51.0 Å². The van der Waals surface area contributed by atoms with Crippen LogP contribution in [-0.4, -0.2) is 26.0 Å². The minimum Gasteiger partial charge on any atom is -0.368 e. The van der Waals surface area contributed by atoms with Crippen molar-refractivity contribution in [2.75, 3.05) is 10.6 Å². The van der Waals surface area contributed by atoms with Gasteiger partial charge in [0.25, 0.3) is 0 Å². The monoisotopic (exact) mass is 380 g/mol. The first-order valence-corrected chi connectivity index (χ1v) is 8.54. The molecular weight excluding hydrogens is 362 g/mol. The Kier molecular flexibility index (Phi) is 5.45. The molecular formula is C20H18F2N6. The lowest BCUT2D eigenvalue weighted by atomic mass is 10.2. The van der Waals surface area contributed by atoms with Gasteiger partial charge in [-0.2, -0.15) is 15.0 Å². The number of hydrogen-bond acceptors (Lipinski definition) is 6. The molecule has 1 aromatic carbocycles. The topological polar surface area (TPSA) is 80.8 Å². The maximum atomic E-state index is 13.7. The minimum absolute atomic E-state index is 0.0312. The van der Waals surface area contributed by atoms with Crippen molar-refractivity contribution in [3.8, 4) is 23.4 Å². The Morgan fingerprint density at radius 1 is 1.00 bits per heavy atom. The van der Waals surface area contributed by atoms with Gasteiger partial charge in [0.05, 0.1) is 0 Å². The summed E-state index contributed by atoms with van der Waals surface area (Å²) in [6.45, 7) is 5.41. The van der Waals surface area contributed by atoms with Gasteiger partial charge in [0.2, 0.25) is 11.9 Å². The summed E-state index contributed by atoms with van der Waals surface area (Å²) in [5.41, 5.74) is 7.17. The van der Waals surface area contributed by atoms with Crippen LogP contribution in [0, 0.1) is 23.5 Å². The zero-order valence-corrected chi connectivity index (χ0v) is 15.6. The molecule has 0 aliphatic rings. The van der Waals surface area contributed by atoms with Gasteiger partial charge in [-0.3, -0.25) is 0 Å². The largest absolute Gasteiger partial charge is 0.368 e. The number of pyridine rings is 1. The van der Waals surface area contributed by atoms with Crippen LogP contribution < -0.4 is 10.6 Å². The summed E-state index contributed by atoms with van der Waals surface area (Å²) in [6, 6.07) is 8.28. The minimum atomic E-state index is -0.699. The molecule has 0 bridgehead atoms. The van der Waals surface area contributed by atoms with Crippen LogP contribution >= 0.6 is 0 Å². The lowest BCUT2D eigenvalue weighted by molar-refractivity contribution is 0.581. The standard InChI is InChI=1S/C20H18F2N6/c1-4-6-15-7-5-8-17(24-15)18-25-19(23)27-20(26-18)28(12(2)3)16-10-13(21)9-14(22)11-16/h5,7-12H,1-3H3,(H2,23,25,26,27). The van der Waals surface area contributed by atoms with Crippen LogP contribution in [0.25, 0.3) is 11.5 Å². The Balaban J connectivity index is 2.12. The molecule has 2 heterocycles. The van der Waals surface area contributed by atoms with Gasteiger partial charge in [0, 0.05) is 17.8 Å². The molecule has 0 unspecified atom stereocenters. The molecule has 0 amide bonds. The predicted octanol–water partition coefficient (Wildman–Crippen LogP) is 3.71. The molecule has 0 aliphatic carbocycles. The van der Waals surface area contributed by atoms with E-state index in [9.17, 15) is 8.78 Å². The molecule has 2 N–H and O–H groups in total. The summed E-state index contributed by atoms with van der Waals surface area (Å²) in [6.07, 6.45) is 0. The van der Waals surface area contributed by atoms with E-state index in [0.29, 0.717) is 11.4 Å². The zero-order chi connectivity index (χ0) is 20.3. The summed E-state index contributed by atoms with van der Waals surface area (Å²) in [4.78, 5) is 18.7. The Hall–Kier alpha value is -3.60. The highest BCUT2D eigenvalue weighted by Crippen LogP contribution is 2.28. The number of halogens is 2. The summed E-state index contributed by atoms with van der Waals surface area (Å²) in [5.74, 6) is 4.63. The summed E-state index contributed by atoms with van der Waals surface area (Å²) >= 11 is 0. The van der Waals surface area contributed by atoms with E-state index in [-0.39, 0.29) is 29.5 Å². The molecule has 142 valence electrons. The molecule has 0 spiro atoms. The van der Waals surface area contributed by atoms with Crippen LogP contribution in [0.5, 0.6) is 0 Å².